The average Bonchev–Trinajstić information content (AvgIpc) is 3.49. The second-order valence-corrected chi connectivity index (χ2v) is 8.65. The van der Waals surface area contributed by atoms with Crippen LogP contribution >= 0.6 is 0 Å². The highest BCUT2D eigenvalue weighted by atomic mass is 16.5. The Labute approximate surface area is 199 Å². The second-order valence-electron chi connectivity index (χ2n) is 8.65. The van der Waals surface area contributed by atoms with Gasteiger partial charge in [-0.25, -0.2) is 9.97 Å². The summed E-state index contributed by atoms with van der Waals surface area (Å²) in [6.45, 7) is 0.370. The van der Waals surface area contributed by atoms with Crippen molar-refractivity contribution in [2.24, 2.45) is 11.7 Å². The van der Waals surface area contributed by atoms with E-state index in [4.69, 9.17) is 10.5 Å². The number of aromatic amines is 1. The number of ether oxygens (including phenoxy) is 1. The molecule has 1 fully saturated rings. The molecule has 1 aromatic carbocycles. The smallest absolute Gasteiger partial charge is 0.272 e. The molecule has 0 spiro atoms. The van der Waals surface area contributed by atoms with E-state index in [0.29, 0.717) is 35.3 Å². The quantitative estimate of drug-likeness (QED) is 0.293. The van der Waals surface area contributed by atoms with Crippen molar-refractivity contribution in [3.63, 3.8) is 0 Å². The molecule has 1 saturated carbocycles. The molecule has 12 heteroatoms. The Balaban J connectivity index is 1.30. The van der Waals surface area contributed by atoms with E-state index in [1.54, 1.807) is 12.1 Å². The Bertz CT molecular complexity index is 1310. The van der Waals surface area contributed by atoms with Gasteiger partial charge in [0.2, 0.25) is 5.91 Å². The summed E-state index contributed by atoms with van der Waals surface area (Å²) in [7, 11) is 0. The van der Waals surface area contributed by atoms with Crippen molar-refractivity contribution in [2.45, 2.75) is 38.1 Å². The molecule has 0 saturated heterocycles. The van der Waals surface area contributed by atoms with Crippen molar-refractivity contribution in [3.05, 3.63) is 47.5 Å². The van der Waals surface area contributed by atoms with Crippen molar-refractivity contribution in [1.82, 2.24) is 25.6 Å². The highest BCUT2D eigenvalue weighted by Gasteiger charge is 2.33. The Kier molecular flexibility index (Phi) is 5.95. The third-order valence-corrected chi connectivity index (χ3v) is 6.34. The number of benzene rings is 1. The minimum atomic E-state index is -0.795. The third kappa shape index (κ3) is 4.47. The van der Waals surface area contributed by atoms with Crippen LogP contribution in [0.1, 0.15) is 45.7 Å². The number of primary amides is 1. The molecule has 35 heavy (non-hydrogen) atoms. The number of H-pyrrole nitrogens is 1. The van der Waals surface area contributed by atoms with Gasteiger partial charge in [-0.3, -0.25) is 14.4 Å². The van der Waals surface area contributed by atoms with Gasteiger partial charge in [-0.2, -0.15) is 0 Å². The fraction of sp³-hybridized carbons (Fsp3) is 0.348. The van der Waals surface area contributed by atoms with Crippen LogP contribution in [0.15, 0.2) is 30.7 Å². The lowest BCUT2D eigenvalue weighted by atomic mass is 10.0. The monoisotopic (exact) mass is 479 g/mol. The number of aromatic nitrogens is 3. The number of rotatable bonds is 6. The zero-order valence-electron chi connectivity index (χ0n) is 18.7. The fourth-order valence-corrected chi connectivity index (χ4v) is 4.59. The SMILES string of the molecule is NC(=O)[C@@H]1CCCC1NC(=O)c1c[nH]c2c(C(=O)NCc3ccc4c(c3)NC(O)CO4)ncnc12. The van der Waals surface area contributed by atoms with Crippen LogP contribution in [-0.4, -0.2) is 56.7 Å². The summed E-state index contributed by atoms with van der Waals surface area (Å²) in [5.74, 6) is -1.04. The highest BCUT2D eigenvalue weighted by molar-refractivity contribution is 6.10. The number of hydrogen-bond donors (Lipinski definition) is 6. The fourth-order valence-electron chi connectivity index (χ4n) is 4.59. The molecule has 2 aliphatic rings. The van der Waals surface area contributed by atoms with Gasteiger partial charge in [0.05, 0.1) is 22.7 Å². The Morgan fingerprint density at radius 2 is 2.06 bits per heavy atom. The van der Waals surface area contributed by atoms with Crippen LogP contribution < -0.4 is 26.4 Å². The predicted molar refractivity (Wildman–Crippen MR) is 124 cm³/mol. The van der Waals surface area contributed by atoms with Gasteiger partial charge in [0.25, 0.3) is 11.8 Å². The number of anilines is 1. The summed E-state index contributed by atoms with van der Waals surface area (Å²) in [4.78, 5) is 48.6. The van der Waals surface area contributed by atoms with E-state index >= 15 is 0 Å². The van der Waals surface area contributed by atoms with Crippen molar-refractivity contribution < 1.29 is 24.2 Å². The molecular weight excluding hydrogens is 454 g/mol. The van der Waals surface area contributed by atoms with Gasteiger partial charge in [0.15, 0.2) is 11.9 Å². The normalized spacial score (nSPS) is 21.0. The lowest BCUT2D eigenvalue weighted by Crippen LogP contribution is -2.42. The summed E-state index contributed by atoms with van der Waals surface area (Å²) in [6.07, 6.45) is 4.04. The maximum atomic E-state index is 12.9. The molecule has 182 valence electrons. The molecule has 0 bridgehead atoms. The van der Waals surface area contributed by atoms with E-state index in [-0.39, 0.29) is 30.5 Å². The standard InChI is InChI=1S/C23H25N7O5/c24-21(32)12-2-1-3-14(12)30-22(33)13-8-25-19-18(13)27-10-28-20(19)23(34)26-7-11-4-5-16-15(6-11)29-17(31)9-35-16/h4-6,8,10,12,14,17,25,29,31H,1-3,7,9H2,(H2,24,32)(H,26,34)(H,30,33)/t12-,14?,17?/m1/s1. The molecule has 1 aliphatic heterocycles. The van der Waals surface area contributed by atoms with E-state index in [9.17, 15) is 19.5 Å². The average molecular weight is 479 g/mol. The van der Waals surface area contributed by atoms with Crippen LogP contribution in [-0.2, 0) is 11.3 Å². The summed E-state index contributed by atoms with van der Waals surface area (Å²) in [5.41, 5.74) is 7.87. The molecule has 7 N–H and O–H groups in total. The van der Waals surface area contributed by atoms with E-state index in [2.05, 4.69) is 30.9 Å². The Morgan fingerprint density at radius 1 is 1.20 bits per heavy atom. The molecule has 12 nitrogen and oxygen atoms in total. The van der Waals surface area contributed by atoms with E-state index < -0.39 is 29.9 Å². The topological polar surface area (TPSA) is 184 Å². The summed E-state index contributed by atoms with van der Waals surface area (Å²) >= 11 is 0. The number of carbonyl (C=O) groups is 3. The number of hydrogen-bond acceptors (Lipinski definition) is 8. The number of aliphatic hydroxyl groups excluding tert-OH is 1. The minimum Gasteiger partial charge on any atom is -0.487 e. The van der Waals surface area contributed by atoms with Gasteiger partial charge in [-0.15, -0.1) is 0 Å². The first-order chi connectivity index (χ1) is 16.9. The number of nitrogens with one attached hydrogen (secondary N) is 4. The Morgan fingerprint density at radius 3 is 2.89 bits per heavy atom. The van der Waals surface area contributed by atoms with Gasteiger partial charge in [0, 0.05) is 18.8 Å². The van der Waals surface area contributed by atoms with Gasteiger partial charge in [0.1, 0.15) is 24.2 Å². The van der Waals surface area contributed by atoms with Gasteiger partial charge in [-0.05, 0) is 30.5 Å². The summed E-state index contributed by atoms with van der Waals surface area (Å²) in [5, 5.41) is 18.3. The molecule has 2 aromatic heterocycles. The van der Waals surface area contributed by atoms with Crippen molar-refractivity contribution in [1.29, 1.82) is 0 Å². The van der Waals surface area contributed by atoms with Crippen LogP contribution in [0.2, 0.25) is 0 Å². The molecular formula is C23H25N7O5. The highest BCUT2D eigenvalue weighted by Crippen LogP contribution is 2.29. The van der Waals surface area contributed by atoms with Crippen LogP contribution in [0.4, 0.5) is 5.69 Å². The maximum absolute atomic E-state index is 12.9. The van der Waals surface area contributed by atoms with Gasteiger partial charge < -0.3 is 36.5 Å². The Hall–Kier alpha value is -4.19. The minimum absolute atomic E-state index is 0.0970. The first kappa shape index (κ1) is 22.6. The number of nitrogens with zero attached hydrogens (tertiary/aromatic N) is 2. The van der Waals surface area contributed by atoms with Gasteiger partial charge >= 0.3 is 0 Å². The van der Waals surface area contributed by atoms with E-state index in [1.165, 1.54) is 12.5 Å². The lowest BCUT2D eigenvalue weighted by molar-refractivity contribution is -0.122. The zero-order valence-corrected chi connectivity index (χ0v) is 18.7. The molecule has 1 aliphatic carbocycles. The van der Waals surface area contributed by atoms with Crippen LogP contribution in [0.5, 0.6) is 5.75 Å². The number of carbonyl (C=O) groups excluding carboxylic acids is 3. The molecule has 3 heterocycles. The summed E-state index contributed by atoms with van der Waals surface area (Å²) in [6, 6.07) is 5.04. The third-order valence-electron chi connectivity index (χ3n) is 6.34. The number of nitrogens with two attached hydrogens (primary N) is 1. The number of fused-ring (bicyclic) bond motifs is 2. The van der Waals surface area contributed by atoms with Crippen molar-refractivity contribution >= 4 is 34.4 Å². The zero-order chi connectivity index (χ0) is 24.5. The van der Waals surface area contributed by atoms with Crippen LogP contribution in [0.3, 0.4) is 0 Å². The summed E-state index contributed by atoms with van der Waals surface area (Å²) < 4.78 is 5.44. The number of aliphatic hydroxyl groups is 1. The maximum Gasteiger partial charge on any atom is 0.272 e. The molecule has 2 unspecified atom stereocenters. The van der Waals surface area contributed by atoms with E-state index in [1.807, 2.05) is 6.07 Å². The van der Waals surface area contributed by atoms with Crippen molar-refractivity contribution in [2.75, 3.05) is 11.9 Å². The second kappa shape index (κ2) is 9.22. The number of amides is 3. The molecule has 3 aromatic rings. The molecule has 5 rings (SSSR count). The van der Waals surface area contributed by atoms with Crippen LogP contribution in [0.25, 0.3) is 11.0 Å². The van der Waals surface area contributed by atoms with E-state index in [0.717, 1.165) is 12.0 Å². The van der Waals surface area contributed by atoms with Gasteiger partial charge in [-0.1, -0.05) is 12.5 Å². The first-order valence-corrected chi connectivity index (χ1v) is 11.3. The van der Waals surface area contributed by atoms with Crippen molar-refractivity contribution in [3.8, 4) is 5.75 Å². The van der Waals surface area contributed by atoms with Crippen LogP contribution in [0, 0.1) is 5.92 Å². The first-order valence-electron chi connectivity index (χ1n) is 11.3. The predicted octanol–water partition coefficient (Wildman–Crippen LogP) is 0.394. The lowest BCUT2D eigenvalue weighted by Gasteiger charge is -2.24. The molecule has 3 atom stereocenters. The molecule has 0 radical (unpaired) electrons. The largest absolute Gasteiger partial charge is 0.487 e. The molecule has 3 amide bonds.